The van der Waals surface area contributed by atoms with E-state index in [2.05, 4.69) is 20.5 Å². The predicted molar refractivity (Wildman–Crippen MR) is 126 cm³/mol. The van der Waals surface area contributed by atoms with Gasteiger partial charge in [-0.15, -0.1) is 5.11 Å². The molecule has 0 radical (unpaired) electrons. The van der Waals surface area contributed by atoms with Crippen LogP contribution in [-0.2, 0) is 4.79 Å². The first-order valence-corrected chi connectivity index (χ1v) is 10.6. The highest BCUT2D eigenvalue weighted by Gasteiger charge is 2.24. The summed E-state index contributed by atoms with van der Waals surface area (Å²) in [7, 11) is 0. The largest absolute Gasteiger partial charge is 0.507 e. The van der Waals surface area contributed by atoms with Crippen LogP contribution in [-0.4, -0.2) is 16.2 Å². The number of carbonyl (C=O) groups excluding carboxylic acids is 1. The maximum absolute atomic E-state index is 12.3. The second-order valence-corrected chi connectivity index (χ2v) is 8.23. The lowest BCUT2D eigenvalue weighted by Crippen LogP contribution is -2.19. The van der Waals surface area contributed by atoms with Crippen LogP contribution in [0.5, 0.6) is 5.75 Å². The number of thioether (sulfide) groups is 1. The molecule has 6 nitrogen and oxygen atoms in total. The van der Waals surface area contributed by atoms with Crippen molar-refractivity contribution in [3.05, 3.63) is 87.2 Å². The van der Waals surface area contributed by atoms with E-state index in [-0.39, 0.29) is 11.7 Å². The molecule has 0 unspecified atom stereocenters. The fourth-order valence-corrected chi connectivity index (χ4v) is 3.91. The van der Waals surface area contributed by atoms with Gasteiger partial charge in [-0.05, 0) is 66.4 Å². The van der Waals surface area contributed by atoms with Crippen molar-refractivity contribution in [2.45, 2.75) is 0 Å². The second-order valence-electron chi connectivity index (χ2n) is 6.36. The van der Waals surface area contributed by atoms with Crippen molar-refractivity contribution in [2.24, 2.45) is 15.2 Å². The predicted octanol–water partition coefficient (Wildman–Crippen LogP) is 7.01. The molecule has 0 atom stereocenters. The maximum atomic E-state index is 12.3. The summed E-state index contributed by atoms with van der Waals surface area (Å²) < 4.78 is 0. The zero-order valence-electron chi connectivity index (χ0n) is 15.8. The van der Waals surface area contributed by atoms with Gasteiger partial charge in [-0.3, -0.25) is 4.79 Å². The Kier molecular flexibility index (Phi) is 6.36. The van der Waals surface area contributed by atoms with Gasteiger partial charge in [-0.25, -0.2) is 4.99 Å². The average Bonchev–Trinajstić information content (AvgIpc) is 3.09. The maximum Gasteiger partial charge on any atom is 0.264 e. The molecule has 1 aliphatic rings. The average molecular weight is 469 g/mol. The lowest BCUT2D eigenvalue weighted by atomic mass is 10.1. The summed E-state index contributed by atoms with van der Waals surface area (Å²) in [5, 5.41) is 22.6. The van der Waals surface area contributed by atoms with Crippen LogP contribution in [0.15, 0.2) is 86.9 Å². The minimum Gasteiger partial charge on any atom is -0.507 e. The standard InChI is InChI=1S/C22H14Cl2N4O2S/c23-14-6-8-18(17(24)12-14)28-27-16-7-9-19(29)13(10-16)11-20-21(30)26-22(31-20)25-15-4-2-1-3-5-15/h1-12,29H,(H,25,26,30)/b20-11+,28-27?. The van der Waals surface area contributed by atoms with Crippen molar-refractivity contribution in [3.8, 4) is 5.75 Å². The van der Waals surface area contributed by atoms with E-state index in [4.69, 9.17) is 23.2 Å². The number of halogens is 2. The Hall–Kier alpha value is -3.13. The SMILES string of the molecule is O=C1NC(=Nc2ccccc2)S/C1=C/c1cc(N=Nc2ccc(Cl)cc2Cl)ccc1O. The molecule has 154 valence electrons. The van der Waals surface area contributed by atoms with Crippen LogP contribution in [0, 0.1) is 0 Å². The van der Waals surface area contributed by atoms with E-state index in [1.807, 2.05) is 30.3 Å². The number of azo groups is 1. The number of hydrogen-bond donors (Lipinski definition) is 2. The number of carbonyl (C=O) groups is 1. The van der Waals surface area contributed by atoms with Crippen LogP contribution >= 0.6 is 35.0 Å². The van der Waals surface area contributed by atoms with Crippen molar-refractivity contribution < 1.29 is 9.90 Å². The summed E-state index contributed by atoms with van der Waals surface area (Å²) >= 11 is 13.2. The Labute approximate surface area is 192 Å². The number of hydrogen-bond acceptors (Lipinski definition) is 6. The summed E-state index contributed by atoms with van der Waals surface area (Å²) in [6.07, 6.45) is 1.58. The number of para-hydroxylation sites is 1. The molecule has 1 fully saturated rings. The Morgan fingerprint density at radius 3 is 2.52 bits per heavy atom. The Balaban J connectivity index is 1.57. The molecule has 0 aromatic heterocycles. The van der Waals surface area contributed by atoms with Gasteiger partial charge in [0.15, 0.2) is 5.17 Å². The van der Waals surface area contributed by atoms with Gasteiger partial charge in [0.1, 0.15) is 11.4 Å². The topological polar surface area (TPSA) is 86.4 Å². The molecule has 4 rings (SSSR count). The number of nitrogens with one attached hydrogen (secondary N) is 1. The highest BCUT2D eigenvalue weighted by Crippen LogP contribution is 2.33. The Morgan fingerprint density at radius 2 is 1.74 bits per heavy atom. The third-order valence-corrected chi connectivity index (χ3v) is 5.57. The number of rotatable bonds is 4. The molecule has 31 heavy (non-hydrogen) atoms. The summed E-state index contributed by atoms with van der Waals surface area (Å²) in [6, 6.07) is 18.9. The van der Waals surface area contributed by atoms with Crippen molar-refractivity contribution in [1.29, 1.82) is 0 Å². The third kappa shape index (κ3) is 5.32. The summed E-state index contributed by atoms with van der Waals surface area (Å²) in [5.74, 6) is -0.281. The van der Waals surface area contributed by atoms with E-state index < -0.39 is 0 Å². The molecule has 1 saturated heterocycles. The number of amidine groups is 1. The first-order valence-electron chi connectivity index (χ1n) is 9.02. The highest BCUT2D eigenvalue weighted by molar-refractivity contribution is 8.18. The monoisotopic (exact) mass is 468 g/mol. The first kappa shape index (κ1) is 21.1. The van der Waals surface area contributed by atoms with Crippen LogP contribution in [0.1, 0.15) is 5.56 Å². The van der Waals surface area contributed by atoms with Crippen molar-refractivity contribution >= 4 is 69.2 Å². The van der Waals surface area contributed by atoms with E-state index in [0.29, 0.717) is 37.1 Å². The fourth-order valence-electron chi connectivity index (χ4n) is 2.64. The molecule has 0 spiro atoms. The van der Waals surface area contributed by atoms with Gasteiger partial charge < -0.3 is 10.4 Å². The first-order chi connectivity index (χ1) is 15.0. The van der Waals surface area contributed by atoms with Crippen LogP contribution < -0.4 is 5.32 Å². The minimum absolute atomic E-state index is 0.0119. The van der Waals surface area contributed by atoms with Crippen molar-refractivity contribution in [1.82, 2.24) is 5.32 Å². The van der Waals surface area contributed by atoms with Crippen LogP contribution in [0.2, 0.25) is 10.0 Å². The van der Waals surface area contributed by atoms with Crippen molar-refractivity contribution in [3.63, 3.8) is 0 Å². The number of benzene rings is 3. The van der Waals surface area contributed by atoms with E-state index in [0.717, 1.165) is 5.69 Å². The second kappa shape index (κ2) is 9.34. The van der Waals surface area contributed by atoms with Gasteiger partial charge >= 0.3 is 0 Å². The molecule has 3 aromatic carbocycles. The van der Waals surface area contributed by atoms with Gasteiger partial charge in [0.2, 0.25) is 0 Å². The number of phenolic OH excluding ortho intramolecular Hbond substituents is 1. The number of aliphatic imine (C=N–C) groups is 1. The molecule has 9 heteroatoms. The van der Waals surface area contributed by atoms with E-state index in [9.17, 15) is 9.90 Å². The lowest BCUT2D eigenvalue weighted by molar-refractivity contribution is -0.115. The Morgan fingerprint density at radius 1 is 0.935 bits per heavy atom. The molecule has 1 aliphatic heterocycles. The van der Waals surface area contributed by atoms with Gasteiger partial charge in [0.05, 0.1) is 21.3 Å². The minimum atomic E-state index is -0.293. The number of aromatic hydroxyl groups is 1. The molecule has 0 bridgehead atoms. The van der Waals surface area contributed by atoms with Gasteiger partial charge in [-0.2, -0.15) is 5.11 Å². The van der Waals surface area contributed by atoms with E-state index >= 15 is 0 Å². The quantitative estimate of drug-likeness (QED) is 0.318. The molecule has 2 N–H and O–H groups in total. The molecule has 1 amide bonds. The van der Waals surface area contributed by atoms with Crippen LogP contribution in [0.25, 0.3) is 6.08 Å². The summed E-state index contributed by atoms with van der Waals surface area (Å²) in [6.45, 7) is 0. The fraction of sp³-hybridized carbons (Fsp3) is 0. The molecular weight excluding hydrogens is 455 g/mol. The van der Waals surface area contributed by atoms with Crippen LogP contribution in [0.3, 0.4) is 0 Å². The van der Waals surface area contributed by atoms with Crippen LogP contribution in [0.4, 0.5) is 17.1 Å². The summed E-state index contributed by atoms with van der Waals surface area (Å²) in [5.41, 5.74) is 2.11. The lowest BCUT2D eigenvalue weighted by Gasteiger charge is -2.02. The number of phenols is 1. The normalized spacial score (nSPS) is 16.4. The zero-order valence-corrected chi connectivity index (χ0v) is 18.1. The molecule has 0 saturated carbocycles. The van der Waals surface area contributed by atoms with Gasteiger partial charge in [0.25, 0.3) is 5.91 Å². The molecule has 0 aliphatic carbocycles. The zero-order chi connectivity index (χ0) is 21.8. The number of nitrogens with zero attached hydrogens (tertiary/aromatic N) is 3. The van der Waals surface area contributed by atoms with Gasteiger partial charge in [0, 0.05) is 10.6 Å². The smallest absolute Gasteiger partial charge is 0.264 e. The Bertz CT molecular complexity index is 1240. The van der Waals surface area contributed by atoms with Crippen molar-refractivity contribution in [2.75, 3.05) is 0 Å². The van der Waals surface area contributed by atoms with E-state index in [1.165, 1.54) is 17.8 Å². The number of amides is 1. The van der Waals surface area contributed by atoms with Gasteiger partial charge in [-0.1, -0.05) is 41.4 Å². The molecular formula is C22H14Cl2N4O2S. The highest BCUT2D eigenvalue weighted by atomic mass is 35.5. The molecule has 1 heterocycles. The van der Waals surface area contributed by atoms with E-state index in [1.54, 1.807) is 36.4 Å². The molecule has 3 aromatic rings. The summed E-state index contributed by atoms with van der Waals surface area (Å²) in [4.78, 5) is 17.1. The third-order valence-electron chi connectivity index (χ3n) is 4.12.